The number of sulfonamides is 1. The normalized spacial score (nSPS) is 15.4. The van der Waals surface area contributed by atoms with Crippen molar-refractivity contribution in [2.24, 2.45) is 5.73 Å². The van der Waals surface area contributed by atoms with Crippen molar-refractivity contribution in [3.05, 3.63) is 82.9 Å². The quantitative estimate of drug-likeness (QED) is 0.156. The minimum absolute atomic E-state index is 0.00821. The monoisotopic (exact) mass is 656 g/mol. The summed E-state index contributed by atoms with van der Waals surface area (Å²) in [6, 6.07) is 9.73. The summed E-state index contributed by atoms with van der Waals surface area (Å²) in [5, 5.41) is 12.0. The van der Waals surface area contributed by atoms with E-state index in [1.807, 2.05) is 0 Å². The van der Waals surface area contributed by atoms with Gasteiger partial charge in [0, 0.05) is 35.4 Å². The summed E-state index contributed by atoms with van der Waals surface area (Å²) in [5.41, 5.74) is 6.95. The van der Waals surface area contributed by atoms with Crippen LogP contribution >= 0.6 is 15.9 Å². The van der Waals surface area contributed by atoms with Gasteiger partial charge in [-0.2, -0.15) is 4.31 Å². The first kappa shape index (κ1) is 29.0. The number of nitrogens with one attached hydrogen (secondary N) is 3. The van der Waals surface area contributed by atoms with Gasteiger partial charge in [-0.25, -0.2) is 18.2 Å². The van der Waals surface area contributed by atoms with Crippen LogP contribution < -0.4 is 21.7 Å². The van der Waals surface area contributed by atoms with Gasteiger partial charge in [0.15, 0.2) is 0 Å². The van der Waals surface area contributed by atoms with Crippen LogP contribution in [0.5, 0.6) is 0 Å². The Hall–Kier alpha value is -4.54. The van der Waals surface area contributed by atoms with Crippen LogP contribution in [-0.4, -0.2) is 57.9 Å². The number of amides is 4. The molecule has 1 aliphatic heterocycles. The summed E-state index contributed by atoms with van der Waals surface area (Å²) >= 11 is 3.25. The number of nitrogens with zero attached hydrogens (tertiary/aromatic N) is 4. The summed E-state index contributed by atoms with van der Waals surface area (Å²) in [7, 11) is -4.08. The third-order valence-corrected chi connectivity index (χ3v) is 8.58. The van der Waals surface area contributed by atoms with Gasteiger partial charge in [-0.3, -0.25) is 9.59 Å². The lowest BCUT2D eigenvalue weighted by Gasteiger charge is -2.31. The van der Waals surface area contributed by atoms with Crippen LogP contribution in [0.15, 0.2) is 76.2 Å². The van der Waals surface area contributed by atoms with Gasteiger partial charge in [-0.05, 0) is 52.7 Å². The molecule has 1 atom stereocenters. The second kappa shape index (κ2) is 12.1. The average molecular weight is 658 g/mol. The number of urea groups is 1. The number of anilines is 2. The van der Waals surface area contributed by atoms with Crippen LogP contribution in [0.25, 0.3) is 10.9 Å². The Labute approximate surface area is 248 Å². The van der Waals surface area contributed by atoms with E-state index in [1.165, 1.54) is 23.1 Å². The number of hydrogen-bond donors (Lipinski definition) is 4. The molecule has 218 valence electrons. The maximum Gasteiger partial charge on any atom is 0.319 e. The van der Waals surface area contributed by atoms with E-state index < -0.39 is 39.8 Å². The molecule has 0 spiro atoms. The lowest BCUT2D eigenvalue weighted by atomic mass is 10.1. The third kappa shape index (κ3) is 6.50. The molecule has 42 heavy (non-hydrogen) atoms. The van der Waals surface area contributed by atoms with E-state index in [1.54, 1.807) is 48.6 Å². The molecule has 0 saturated carbocycles. The Balaban J connectivity index is 1.36. The Morgan fingerprint density at radius 1 is 1.12 bits per heavy atom. The Kier molecular flexibility index (Phi) is 8.37. The van der Waals surface area contributed by atoms with Crippen molar-refractivity contribution in [1.29, 1.82) is 0 Å². The second-order valence-electron chi connectivity index (χ2n) is 9.28. The minimum Gasteiger partial charge on any atom is -0.366 e. The van der Waals surface area contributed by atoms with Crippen LogP contribution in [0, 0.1) is 0 Å². The van der Waals surface area contributed by atoms with E-state index in [2.05, 4.69) is 42.0 Å². The summed E-state index contributed by atoms with van der Waals surface area (Å²) in [6.45, 7) is 0.126. The number of rotatable bonds is 9. The highest BCUT2D eigenvalue weighted by Crippen LogP contribution is 2.27. The molecule has 1 aliphatic rings. The van der Waals surface area contributed by atoms with Gasteiger partial charge in [0.05, 0.1) is 12.1 Å². The molecule has 0 bridgehead atoms. The molecule has 4 amide bonds. The third-order valence-electron chi connectivity index (χ3n) is 6.41. The molecule has 1 aromatic carbocycles. The fraction of sp³-hybridized carbons (Fsp3) is 0.192. The molecule has 4 heterocycles. The smallest absolute Gasteiger partial charge is 0.319 e. The van der Waals surface area contributed by atoms with E-state index in [9.17, 15) is 22.8 Å². The molecule has 0 saturated heterocycles. The lowest BCUT2D eigenvalue weighted by Crippen LogP contribution is -2.49. The van der Waals surface area contributed by atoms with Gasteiger partial charge in [0.1, 0.15) is 34.3 Å². The Bertz CT molecular complexity index is 1790. The largest absolute Gasteiger partial charge is 0.366 e. The first-order valence-electron chi connectivity index (χ1n) is 12.6. The highest BCUT2D eigenvalue weighted by molar-refractivity contribution is 9.10. The molecule has 0 aliphatic carbocycles. The number of halogens is 1. The molecule has 5 N–H and O–H groups in total. The fourth-order valence-corrected chi connectivity index (χ4v) is 6.42. The van der Waals surface area contributed by atoms with Crippen LogP contribution in [0.3, 0.4) is 0 Å². The fourth-order valence-electron chi connectivity index (χ4n) is 4.48. The Morgan fingerprint density at radius 3 is 2.69 bits per heavy atom. The number of aromatic nitrogens is 3. The highest BCUT2D eigenvalue weighted by atomic mass is 79.9. The summed E-state index contributed by atoms with van der Waals surface area (Å²) in [5.74, 6) is -1.58. The molecular formula is C26H25BrN8O6S. The zero-order valence-electron chi connectivity index (χ0n) is 21.9. The van der Waals surface area contributed by atoms with Crippen molar-refractivity contribution in [3.8, 4) is 0 Å². The molecule has 3 aromatic heterocycles. The number of fused-ring (bicyclic) bond motifs is 1. The zero-order valence-corrected chi connectivity index (χ0v) is 24.3. The van der Waals surface area contributed by atoms with Gasteiger partial charge in [-0.1, -0.05) is 23.4 Å². The number of nitrogens with two attached hydrogens (primary N) is 1. The summed E-state index contributed by atoms with van der Waals surface area (Å²) < 4.78 is 35.1. The minimum atomic E-state index is -4.08. The van der Waals surface area contributed by atoms with Crippen LogP contribution in [0.4, 0.5) is 16.3 Å². The number of hydrogen-bond acceptors (Lipinski definition) is 8. The maximum absolute atomic E-state index is 13.7. The number of carbonyl (C=O) groups is 3. The van der Waals surface area contributed by atoms with E-state index in [0.717, 1.165) is 4.31 Å². The lowest BCUT2D eigenvalue weighted by molar-refractivity contribution is -0.119. The van der Waals surface area contributed by atoms with Crippen LogP contribution in [0.2, 0.25) is 0 Å². The number of primary amides is 1. The van der Waals surface area contributed by atoms with Gasteiger partial charge in [0.25, 0.3) is 5.91 Å². The zero-order chi connectivity index (χ0) is 29.9. The first-order valence-corrected chi connectivity index (χ1v) is 15.0. The SMILES string of the molecule is NC(=O)c1cn(CS(=O)(=O)N2CC=CCC2C(=O)Nc2cccc(Br)n2)c2ccc(NC(=O)NCc3ccon3)cc12. The van der Waals surface area contributed by atoms with Crippen molar-refractivity contribution in [2.75, 3.05) is 17.2 Å². The number of carbonyl (C=O) groups excluding carboxylic acids is 3. The van der Waals surface area contributed by atoms with E-state index in [0.29, 0.717) is 26.9 Å². The first-order chi connectivity index (χ1) is 20.1. The summed E-state index contributed by atoms with van der Waals surface area (Å²) in [4.78, 5) is 41.9. The standard InChI is InChI=1S/C26H25BrN8O6S/c27-22-5-3-6-23(31-22)32-25(37)21-4-1-2-10-35(21)42(39,40)15-34-14-19(24(28)36)18-12-16(7-8-20(18)34)30-26(38)29-13-17-9-11-41-33-17/h1-3,5-9,11-12,14,21H,4,10,13,15H2,(H2,28,36)(H2,29,30,38)(H,31,32,37). The molecule has 4 aromatic rings. The van der Waals surface area contributed by atoms with Crippen LogP contribution in [-0.2, 0) is 27.2 Å². The van der Waals surface area contributed by atoms with Gasteiger partial charge < -0.3 is 30.8 Å². The molecule has 0 fully saturated rings. The van der Waals surface area contributed by atoms with Crippen molar-refractivity contribution in [3.63, 3.8) is 0 Å². The van der Waals surface area contributed by atoms with E-state index in [4.69, 9.17) is 10.3 Å². The number of benzene rings is 1. The topological polar surface area (TPSA) is 195 Å². The molecule has 14 nitrogen and oxygen atoms in total. The highest BCUT2D eigenvalue weighted by Gasteiger charge is 2.36. The molecule has 16 heteroatoms. The molecular weight excluding hydrogens is 632 g/mol. The maximum atomic E-state index is 13.7. The van der Waals surface area contributed by atoms with Crippen molar-refractivity contribution in [2.45, 2.75) is 24.9 Å². The van der Waals surface area contributed by atoms with Crippen molar-refractivity contribution < 1.29 is 27.3 Å². The van der Waals surface area contributed by atoms with Crippen LogP contribution in [0.1, 0.15) is 22.5 Å². The van der Waals surface area contributed by atoms with Gasteiger partial charge in [-0.15, -0.1) is 0 Å². The molecule has 0 radical (unpaired) electrons. The van der Waals surface area contributed by atoms with Crippen molar-refractivity contribution in [1.82, 2.24) is 24.3 Å². The molecule has 1 unspecified atom stereocenters. The van der Waals surface area contributed by atoms with Crippen molar-refractivity contribution >= 4 is 66.2 Å². The average Bonchev–Trinajstić information content (AvgIpc) is 3.60. The Morgan fingerprint density at radius 2 is 1.95 bits per heavy atom. The predicted octanol–water partition coefficient (Wildman–Crippen LogP) is 2.76. The summed E-state index contributed by atoms with van der Waals surface area (Å²) in [6.07, 6.45) is 6.33. The predicted molar refractivity (Wildman–Crippen MR) is 157 cm³/mol. The van der Waals surface area contributed by atoms with Gasteiger partial charge in [0.2, 0.25) is 15.9 Å². The second-order valence-corrected chi connectivity index (χ2v) is 12.0. The number of pyridine rings is 1. The van der Waals surface area contributed by atoms with E-state index in [-0.39, 0.29) is 30.9 Å². The van der Waals surface area contributed by atoms with E-state index >= 15 is 0 Å². The van der Waals surface area contributed by atoms with Gasteiger partial charge >= 0.3 is 6.03 Å². The molecule has 5 rings (SSSR count).